The molecule has 0 heterocycles. The maximum atomic E-state index is 11.2. The highest BCUT2D eigenvalue weighted by Crippen LogP contribution is 2.64. The summed E-state index contributed by atoms with van der Waals surface area (Å²) in [6, 6.07) is 4.74. The standard InChI is InChI=1S/C28H38N2O/c1-27-7-6-20-21(23(27)4-5-26(27)30-29)3-2-19-11-25(31)24(12-22(19)20)28-13-16-8-17(14-28)10-18(9-16)15-28/h5,11-12,16-18,20-21,23,30-31H,2-4,6-10,13-15,29H2,1H3/t16?,17?,18?,20-,21+,23-,27-,28?/m0/s1. The van der Waals surface area contributed by atoms with Gasteiger partial charge in [0.05, 0.1) is 0 Å². The largest absolute Gasteiger partial charge is 0.508 e. The number of nitrogens with one attached hydrogen (secondary N) is 1. The van der Waals surface area contributed by atoms with E-state index in [1.165, 1.54) is 81.0 Å². The maximum absolute atomic E-state index is 11.2. The highest BCUT2D eigenvalue weighted by atomic mass is 16.3. The van der Waals surface area contributed by atoms with Gasteiger partial charge in [0.15, 0.2) is 0 Å². The number of benzene rings is 1. The van der Waals surface area contributed by atoms with Crippen LogP contribution in [-0.2, 0) is 11.8 Å². The number of rotatable bonds is 2. The second-order valence-corrected chi connectivity index (χ2v) is 12.6. The minimum absolute atomic E-state index is 0.229. The third-order valence-electron chi connectivity index (χ3n) is 11.2. The van der Waals surface area contributed by atoms with Crippen molar-refractivity contribution in [3.8, 4) is 5.75 Å². The van der Waals surface area contributed by atoms with E-state index in [0.29, 0.717) is 17.6 Å². The molecule has 166 valence electrons. The Balaban J connectivity index is 1.27. The molecule has 8 rings (SSSR count). The van der Waals surface area contributed by atoms with Crippen molar-refractivity contribution in [3.05, 3.63) is 40.6 Å². The summed E-state index contributed by atoms with van der Waals surface area (Å²) in [6.45, 7) is 2.44. The van der Waals surface area contributed by atoms with Crippen LogP contribution in [0.15, 0.2) is 23.9 Å². The lowest BCUT2D eigenvalue weighted by Gasteiger charge is -2.57. The zero-order valence-corrected chi connectivity index (χ0v) is 19.0. The number of phenolic OH excluding ortho intramolecular Hbond substituents is 1. The van der Waals surface area contributed by atoms with E-state index in [1.54, 1.807) is 5.56 Å². The van der Waals surface area contributed by atoms with Crippen molar-refractivity contribution in [2.45, 2.75) is 88.9 Å². The first-order chi connectivity index (χ1) is 15.0. The SMILES string of the molecule is C[C@]12CC[C@@H]3c4cc(C56CC7CC(CC(C7)C5)C6)c(O)cc4CC[C@H]3[C@@H]1CC=C2NN. The van der Waals surface area contributed by atoms with Gasteiger partial charge in [-0.05, 0) is 129 Å². The molecule has 4 N–H and O–H groups in total. The Labute approximate surface area is 186 Å². The van der Waals surface area contributed by atoms with Gasteiger partial charge in [-0.25, -0.2) is 0 Å². The van der Waals surface area contributed by atoms with Gasteiger partial charge in [-0.1, -0.05) is 19.1 Å². The molecule has 0 unspecified atom stereocenters. The fraction of sp³-hybridized carbons (Fsp3) is 0.714. The molecule has 0 spiro atoms. The molecule has 1 aromatic rings. The Bertz CT molecular complexity index is 929. The van der Waals surface area contributed by atoms with E-state index in [9.17, 15) is 5.11 Å². The van der Waals surface area contributed by atoms with Crippen LogP contribution in [0, 0.1) is 35.0 Å². The molecule has 4 bridgehead atoms. The third-order valence-corrected chi connectivity index (χ3v) is 11.2. The molecule has 0 aliphatic heterocycles. The highest BCUT2D eigenvalue weighted by molar-refractivity contribution is 5.50. The van der Waals surface area contributed by atoms with Gasteiger partial charge >= 0.3 is 0 Å². The molecule has 31 heavy (non-hydrogen) atoms. The number of hydrogen-bond acceptors (Lipinski definition) is 3. The number of hydrogen-bond donors (Lipinski definition) is 3. The smallest absolute Gasteiger partial charge is 0.119 e. The molecule has 7 aliphatic rings. The molecular formula is C28H38N2O. The van der Waals surface area contributed by atoms with Crippen LogP contribution in [0.5, 0.6) is 5.75 Å². The lowest BCUT2D eigenvalue weighted by Crippen LogP contribution is -2.48. The molecule has 4 atom stereocenters. The van der Waals surface area contributed by atoms with Crippen molar-refractivity contribution in [1.82, 2.24) is 5.43 Å². The Morgan fingerprint density at radius 1 is 1.03 bits per heavy atom. The first kappa shape index (κ1) is 19.0. The fourth-order valence-corrected chi connectivity index (χ4v) is 10.3. The van der Waals surface area contributed by atoms with Crippen LogP contribution >= 0.6 is 0 Å². The van der Waals surface area contributed by atoms with Crippen LogP contribution in [0.1, 0.15) is 93.7 Å². The molecule has 0 amide bonds. The first-order valence-electron chi connectivity index (χ1n) is 13.0. The Morgan fingerprint density at radius 3 is 2.42 bits per heavy atom. The van der Waals surface area contributed by atoms with E-state index in [-0.39, 0.29) is 10.8 Å². The van der Waals surface area contributed by atoms with Gasteiger partial charge < -0.3 is 10.5 Å². The molecule has 0 aromatic heterocycles. The number of nitrogens with two attached hydrogens (primary N) is 1. The van der Waals surface area contributed by atoms with Crippen molar-refractivity contribution in [2.75, 3.05) is 0 Å². The summed E-state index contributed by atoms with van der Waals surface area (Å²) in [4.78, 5) is 0. The average molecular weight is 419 g/mol. The molecule has 5 fully saturated rings. The van der Waals surface area contributed by atoms with Crippen molar-refractivity contribution in [2.24, 2.45) is 40.8 Å². The van der Waals surface area contributed by atoms with Gasteiger partial charge in [0.2, 0.25) is 0 Å². The number of hydrazine groups is 1. The zero-order chi connectivity index (χ0) is 21.0. The number of allylic oxidation sites excluding steroid dienone is 2. The van der Waals surface area contributed by atoms with E-state index in [0.717, 1.165) is 30.1 Å². The minimum atomic E-state index is 0.229. The third kappa shape index (κ3) is 2.50. The van der Waals surface area contributed by atoms with Gasteiger partial charge in [-0.15, -0.1) is 0 Å². The van der Waals surface area contributed by atoms with Crippen LogP contribution < -0.4 is 11.3 Å². The van der Waals surface area contributed by atoms with Crippen molar-refractivity contribution < 1.29 is 5.11 Å². The molecule has 7 aliphatic carbocycles. The lowest BCUT2D eigenvalue weighted by atomic mass is 9.47. The molecule has 5 saturated carbocycles. The van der Waals surface area contributed by atoms with E-state index in [2.05, 4.69) is 30.6 Å². The van der Waals surface area contributed by atoms with Crippen LogP contribution in [-0.4, -0.2) is 5.11 Å². The summed E-state index contributed by atoms with van der Waals surface area (Å²) in [5.41, 5.74) is 9.21. The van der Waals surface area contributed by atoms with Crippen LogP contribution in [0.2, 0.25) is 0 Å². The van der Waals surface area contributed by atoms with Gasteiger partial charge in [0.25, 0.3) is 0 Å². The van der Waals surface area contributed by atoms with Crippen molar-refractivity contribution in [3.63, 3.8) is 0 Å². The average Bonchev–Trinajstić information content (AvgIpc) is 3.08. The Morgan fingerprint density at radius 2 is 1.74 bits per heavy atom. The minimum Gasteiger partial charge on any atom is -0.508 e. The van der Waals surface area contributed by atoms with E-state index >= 15 is 0 Å². The predicted octanol–water partition coefficient (Wildman–Crippen LogP) is 5.67. The number of aryl methyl sites for hydroxylation is 1. The maximum Gasteiger partial charge on any atom is 0.119 e. The summed E-state index contributed by atoms with van der Waals surface area (Å²) >= 11 is 0. The Hall–Kier alpha value is -1.48. The zero-order valence-electron chi connectivity index (χ0n) is 19.0. The monoisotopic (exact) mass is 418 g/mol. The van der Waals surface area contributed by atoms with Gasteiger partial charge in [-0.3, -0.25) is 5.84 Å². The van der Waals surface area contributed by atoms with E-state index in [1.807, 2.05) is 0 Å². The van der Waals surface area contributed by atoms with Crippen LogP contribution in [0.3, 0.4) is 0 Å². The summed E-state index contributed by atoms with van der Waals surface area (Å²) in [5, 5.41) is 11.2. The number of fused-ring (bicyclic) bond motifs is 5. The van der Waals surface area contributed by atoms with Gasteiger partial charge in [0, 0.05) is 16.7 Å². The lowest BCUT2D eigenvalue weighted by molar-refractivity contribution is -0.00630. The topological polar surface area (TPSA) is 58.3 Å². The molecule has 3 heteroatoms. The van der Waals surface area contributed by atoms with Gasteiger partial charge in [0.1, 0.15) is 5.75 Å². The van der Waals surface area contributed by atoms with E-state index in [4.69, 9.17) is 5.84 Å². The Kier molecular flexibility index (Phi) is 3.87. The normalized spacial score (nSPS) is 46.8. The molecule has 3 nitrogen and oxygen atoms in total. The highest BCUT2D eigenvalue weighted by Gasteiger charge is 2.54. The van der Waals surface area contributed by atoms with Crippen molar-refractivity contribution >= 4 is 0 Å². The second-order valence-electron chi connectivity index (χ2n) is 12.6. The van der Waals surface area contributed by atoms with Crippen LogP contribution in [0.4, 0.5) is 0 Å². The molecule has 0 radical (unpaired) electrons. The number of aromatic hydroxyl groups is 1. The molecule has 1 aromatic carbocycles. The second kappa shape index (κ2) is 6.31. The molecule has 0 saturated heterocycles. The van der Waals surface area contributed by atoms with Crippen LogP contribution in [0.25, 0.3) is 0 Å². The van der Waals surface area contributed by atoms with Gasteiger partial charge in [-0.2, -0.15) is 0 Å². The number of phenols is 1. The fourth-order valence-electron chi connectivity index (χ4n) is 10.3. The predicted molar refractivity (Wildman–Crippen MR) is 123 cm³/mol. The van der Waals surface area contributed by atoms with E-state index < -0.39 is 0 Å². The summed E-state index contributed by atoms with van der Waals surface area (Å²) in [6.07, 6.45) is 16.8. The first-order valence-corrected chi connectivity index (χ1v) is 13.0. The quantitative estimate of drug-likeness (QED) is 0.428. The summed E-state index contributed by atoms with van der Waals surface area (Å²) in [7, 11) is 0. The summed E-state index contributed by atoms with van der Waals surface area (Å²) in [5.74, 6) is 11.4. The summed E-state index contributed by atoms with van der Waals surface area (Å²) < 4.78 is 0. The molecular weight excluding hydrogens is 380 g/mol. The van der Waals surface area contributed by atoms with Crippen molar-refractivity contribution in [1.29, 1.82) is 0 Å².